The maximum atomic E-state index is 12.6. The lowest BCUT2D eigenvalue weighted by Gasteiger charge is -2.15. The van der Waals surface area contributed by atoms with E-state index < -0.39 is 31.3 Å². The fourth-order valence-electron chi connectivity index (χ4n) is 1.43. The maximum absolute atomic E-state index is 12.6. The summed E-state index contributed by atoms with van der Waals surface area (Å²) in [4.78, 5) is 11.8. The first-order chi connectivity index (χ1) is 9.29. The van der Waals surface area contributed by atoms with Gasteiger partial charge in [-0.3, -0.25) is 9.48 Å². The van der Waals surface area contributed by atoms with Crippen LogP contribution < -0.4 is 0 Å². The molecule has 0 fully saturated rings. The van der Waals surface area contributed by atoms with Gasteiger partial charge in [-0.05, 0) is 6.42 Å². The van der Waals surface area contributed by atoms with E-state index in [2.05, 4.69) is 9.84 Å². The zero-order chi connectivity index (χ0) is 15.3. The Hall–Kier alpha value is -1.15. The highest BCUT2D eigenvalue weighted by atomic mass is 35.5. The fourth-order valence-corrected chi connectivity index (χ4v) is 1.68. The van der Waals surface area contributed by atoms with Crippen molar-refractivity contribution in [3.63, 3.8) is 0 Å². The van der Waals surface area contributed by atoms with Crippen LogP contribution in [0.3, 0.4) is 0 Å². The summed E-state index contributed by atoms with van der Waals surface area (Å²) in [5.41, 5.74) is 0.0221. The molecule has 0 saturated carbocycles. The van der Waals surface area contributed by atoms with E-state index in [0.717, 1.165) is 0 Å². The molecule has 1 aromatic rings. The molecule has 20 heavy (non-hydrogen) atoms. The number of alkyl halides is 4. The molecule has 0 unspecified atom stereocenters. The number of Topliss-reactive ketones (excluding diaryl/α,β-unsaturated/α-hetero) is 1. The lowest BCUT2D eigenvalue weighted by Crippen LogP contribution is -2.33. The lowest BCUT2D eigenvalue weighted by molar-refractivity contribution is -0.163. The molecule has 0 spiro atoms. The van der Waals surface area contributed by atoms with E-state index >= 15 is 0 Å². The first kappa shape index (κ1) is 16.9. The minimum Gasteiger partial charge on any atom is -0.367 e. The number of ketones is 1. The van der Waals surface area contributed by atoms with Crippen LogP contribution >= 0.6 is 11.6 Å². The Morgan fingerprint density at radius 3 is 2.75 bits per heavy atom. The fraction of sp³-hybridized carbons (Fsp3) is 0.636. The van der Waals surface area contributed by atoms with Gasteiger partial charge in [0.2, 0.25) is 5.78 Å². The zero-order valence-corrected chi connectivity index (χ0v) is 11.3. The van der Waals surface area contributed by atoms with Crippen molar-refractivity contribution in [2.45, 2.75) is 32.2 Å². The summed E-state index contributed by atoms with van der Waals surface area (Å²) >= 11 is 5.77. The number of carbonyl (C=O) groups is 1. The number of aromatic nitrogens is 2. The van der Waals surface area contributed by atoms with Crippen molar-refractivity contribution in [3.05, 3.63) is 16.9 Å². The highest BCUT2D eigenvalue weighted by Crippen LogP contribution is 2.23. The Kier molecular flexibility index (Phi) is 5.94. The molecule has 1 aromatic heterocycles. The first-order valence-electron chi connectivity index (χ1n) is 5.77. The van der Waals surface area contributed by atoms with Crippen LogP contribution in [-0.4, -0.2) is 41.1 Å². The Bertz CT molecular complexity index is 465. The minimum absolute atomic E-state index is 0.0221. The van der Waals surface area contributed by atoms with Crippen LogP contribution in [0.4, 0.5) is 17.6 Å². The highest BCUT2D eigenvalue weighted by molar-refractivity contribution is 6.33. The Morgan fingerprint density at radius 2 is 2.20 bits per heavy atom. The van der Waals surface area contributed by atoms with E-state index in [1.54, 1.807) is 0 Å². The third-order valence-electron chi connectivity index (χ3n) is 2.34. The van der Waals surface area contributed by atoms with Crippen molar-refractivity contribution in [1.82, 2.24) is 9.78 Å². The predicted molar refractivity (Wildman–Crippen MR) is 63.6 cm³/mol. The first-order valence-corrected chi connectivity index (χ1v) is 6.15. The van der Waals surface area contributed by atoms with Gasteiger partial charge in [0.25, 0.3) is 0 Å². The summed E-state index contributed by atoms with van der Waals surface area (Å²) in [5, 5.41) is 3.91. The number of hydrogen-bond donors (Lipinski definition) is 0. The van der Waals surface area contributed by atoms with Crippen LogP contribution in [0.25, 0.3) is 0 Å². The van der Waals surface area contributed by atoms with Crippen molar-refractivity contribution >= 4 is 17.4 Å². The molecular formula is C11H13ClF4N2O2. The number of carbonyl (C=O) groups excluding carboxylic acids is 1. The topological polar surface area (TPSA) is 44.1 Å². The highest BCUT2D eigenvalue weighted by Gasteiger charge is 2.41. The van der Waals surface area contributed by atoms with Crippen molar-refractivity contribution in [2.24, 2.45) is 0 Å². The molecule has 0 aliphatic rings. The van der Waals surface area contributed by atoms with Crippen molar-refractivity contribution < 1.29 is 27.1 Å². The van der Waals surface area contributed by atoms with Crippen LogP contribution in [0, 0.1) is 0 Å². The van der Waals surface area contributed by atoms with Gasteiger partial charge in [0, 0.05) is 6.54 Å². The minimum atomic E-state index is -4.28. The van der Waals surface area contributed by atoms with Gasteiger partial charge in [0.15, 0.2) is 0 Å². The summed E-state index contributed by atoms with van der Waals surface area (Å²) in [7, 11) is 0. The average Bonchev–Trinajstić information content (AvgIpc) is 2.70. The van der Waals surface area contributed by atoms with Gasteiger partial charge < -0.3 is 4.74 Å². The standard InChI is InChI=1S/C11H13ClF4N2O2/c1-2-3-18-9(7(12)4-17-18)8(19)5-20-6-11(15,16)10(13)14/h4,10H,2-3,5-6H2,1H3. The quantitative estimate of drug-likeness (QED) is 0.547. The largest absolute Gasteiger partial charge is 0.367 e. The number of hydrogen-bond acceptors (Lipinski definition) is 3. The van der Waals surface area contributed by atoms with E-state index in [4.69, 9.17) is 11.6 Å². The van der Waals surface area contributed by atoms with E-state index in [-0.39, 0.29) is 10.7 Å². The molecule has 0 radical (unpaired) electrons. The molecule has 114 valence electrons. The molecule has 0 aromatic carbocycles. The molecule has 0 aliphatic carbocycles. The van der Waals surface area contributed by atoms with Gasteiger partial charge in [-0.15, -0.1) is 0 Å². The van der Waals surface area contributed by atoms with Gasteiger partial charge in [0.05, 0.1) is 11.2 Å². The number of ether oxygens (including phenoxy) is 1. The molecule has 0 atom stereocenters. The lowest BCUT2D eigenvalue weighted by atomic mass is 10.3. The Morgan fingerprint density at radius 1 is 1.55 bits per heavy atom. The Balaban J connectivity index is 2.62. The summed E-state index contributed by atoms with van der Waals surface area (Å²) in [5.74, 6) is -4.97. The second-order valence-electron chi connectivity index (χ2n) is 4.04. The van der Waals surface area contributed by atoms with Gasteiger partial charge in [0.1, 0.15) is 18.9 Å². The smallest absolute Gasteiger partial charge is 0.330 e. The molecule has 0 saturated heterocycles. The molecule has 9 heteroatoms. The number of aryl methyl sites for hydroxylation is 1. The predicted octanol–water partition coefficient (Wildman–Crippen LogP) is 3.05. The average molecular weight is 317 g/mol. The third-order valence-corrected chi connectivity index (χ3v) is 2.62. The summed E-state index contributed by atoms with van der Waals surface area (Å²) in [6.45, 7) is -0.0299. The summed E-state index contributed by atoms with van der Waals surface area (Å²) in [6.07, 6.45) is -1.91. The van der Waals surface area contributed by atoms with Crippen LogP contribution in [0.5, 0.6) is 0 Å². The number of halogens is 5. The van der Waals surface area contributed by atoms with E-state index in [1.807, 2.05) is 6.92 Å². The summed E-state index contributed by atoms with van der Waals surface area (Å²) in [6, 6.07) is 0. The molecule has 4 nitrogen and oxygen atoms in total. The molecule has 1 heterocycles. The van der Waals surface area contributed by atoms with E-state index in [0.29, 0.717) is 13.0 Å². The summed E-state index contributed by atoms with van der Waals surface area (Å²) < 4.78 is 54.6. The molecule has 0 aliphatic heterocycles. The monoisotopic (exact) mass is 316 g/mol. The third kappa shape index (κ3) is 4.17. The molecule has 1 rings (SSSR count). The van der Waals surface area contributed by atoms with Gasteiger partial charge >= 0.3 is 12.3 Å². The SMILES string of the molecule is CCCn1ncc(Cl)c1C(=O)COCC(F)(F)C(F)F. The maximum Gasteiger partial charge on any atom is 0.330 e. The van der Waals surface area contributed by atoms with Crippen molar-refractivity contribution in [2.75, 3.05) is 13.2 Å². The number of nitrogens with zero attached hydrogens (tertiary/aromatic N) is 2. The second-order valence-corrected chi connectivity index (χ2v) is 4.45. The van der Waals surface area contributed by atoms with Crippen molar-refractivity contribution in [1.29, 1.82) is 0 Å². The molecule has 0 bridgehead atoms. The van der Waals surface area contributed by atoms with Gasteiger partial charge in [-0.1, -0.05) is 18.5 Å². The van der Waals surface area contributed by atoms with Gasteiger partial charge in [-0.2, -0.15) is 13.9 Å². The number of rotatable bonds is 8. The molecular weight excluding hydrogens is 304 g/mol. The molecule has 0 amide bonds. The Labute approximate surface area is 117 Å². The van der Waals surface area contributed by atoms with Crippen LogP contribution in [0.1, 0.15) is 23.8 Å². The zero-order valence-electron chi connectivity index (χ0n) is 10.6. The van der Waals surface area contributed by atoms with Crippen molar-refractivity contribution in [3.8, 4) is 0 Å². The second kappa shape index (κ2) is 7.03. The van der Waals surface area contributed by atoms with E-state index in [1.165, 1.54) is 10.9 Å². The van der Waals surface area contributed by atoms with Crippen LogP contribution in [0.2, 0.25) is 5.02 Å². The van der Waals surface area contributed by atoms with E-state index in [9.17, 15) is 22.4 Å². The molecule has 0 N–H and O–H groups in total. The van der Waals surface area contributed by atoms with Crippen LogP contribution in [-0.2, 0) is 11.3 Å². The normalized spacial score (nSPS) is 12.2. The van der Waals surface area contributed by atoms with Gasteiger partial charge in [-0.25, -0.2) is 8.78 Å². The van der Waals surface area contributed by atoms with Crippen LogP contribution in [0.15, 0.2) is 6.20 Å².